The molecule has 0 spiro atoms. The molecule has 0 fully saturated rings. The number of anilines is 1. The Hall–Kier alpha value is -3.42. The minimum atomic E-state index is -0.303. The van der Waals surface area contributed by atoms with Crippen molar-refractivity contribution in [2.45, 2.75) is 19.4 Å². The van der Waals surface area contributed by atoms with Gasteiger partial charge < -0.3 is 16.0 Å². The summed E-state index contributed by atoms with van der Waals surface area (Å²) in [6, 6.07) is 7.32. The molecule has 3 aromatic rings. The molecule has 2 aromatic heterocycles. The Kier molecular flexibility index (Phi) is 4.60. The molecule has 0 aliphatic carbocycles. The van der Waals surface area contributed by atoms with Crippen LogP contribution in [0, 0.1) is 0 Å². The van der Waals surface area contributed by atoms with Crippen molar-refractivity contribution in [2.75, 3.05) is 5.73 Å². The third kappa shape index (κ3) is 3.92. The lowest BCUT2D eigenvalue weighted by Crippen LogP contribution is -2.32. The van der Waals surface area contributed by atoms with E-state index in [1.165, 1.54) is 6.20 Å². The molecule has 25 heavy (non-hydrogen) atoms. The highest BCUT2D eigenvalue weighted by atomic mass is 16.2. The normalized spacial score (nSPS) is 12.5. The molecular weight excluding hydrogens is 320 g/mol. The van der Waals surface area contributed by atoms with Gasteiger partial charge in [-0.05, 0) is 25.5 Å². The number of para-hydroxylation sites is 2. The van der Waals surface area contributed by atoms with Crippen LogP contribution in [-0.2, 0) is 0 Å². The van der Waals surface area contributed by atoms with Gasteiger partial charge in [0.05, 0.1) is 16.6 Å². The third-order valence-electron chi connectivity index (χ3n) is 3.62. The van der Waals surface area contributed by atoms with Crippen molar-refractivity contribution in [1.29, 1.82) is 0 Å². The SMILES string of the molecule is C[C@@H](C/C=C/c1cnc(N)[nH]c1=O)NC(=O)c1nc2ccccc2[nH]1. The molecule has 2 heterocycles. The quantitative estimate of drug-likeness (QED) is 0.559. The smallest absolute Gasteiger partial charge is 0.287 e. The Balaban J connectivity index is 1.60. The number of nitrogen functional groups attached to an aromatic ring is 1. The number of benzene rings is 1. The van der Waals surface area contributed by atoms with E-state index < -0.39 is 0 Å². The molecule has 128 valence electrons. The molecule has 0 unspecified atom stereocenters. The summed E-state index contributed by atoms with van der Waals surface area (Å²) in [6.45, 7) is 1.87. The van der Waals surface area contributed by atoms with Crippen LogP contribution in [0.25, 0.3) is 17.1 Å². The summed E-state index contributed by atoms with van der Waals surface area (Å²) < 4.78 is 0. The Bertz CT molecular complexity index is 955. The van der Waals surface area contributed by atoms with Gasteiger partial charge in [-0.25, -0.2) is 9.97 Å². The number of nitrogens with zero attached hydrogens (tertiary/aromatic N) is 2. The molecule has 0 radical (unpaired) electrons. The van der Waals surface area contributed by atoms with Crippen molar-refractivity contribution < 1.29 is 4.79 Å². The molecule has 1 amide bonds. The average Bonchev–Trinajstić information content (AvgIpc) is 3.01. The first-order valence-corrected chi connectivity index (χ1v) is 7.80. The number of aromatic amines is 2. The van der Waals surface area contributed by atoms with Crippen LogP contribution in [-0.4, -0.2) is 31.9 Å². The van der Waals surface area contributed by atoms with Crippen LogP contribution >= 0.6 is 0 Å². The highest BCUT2D eigenvalue weighted by molar-refractivity contribution is 5.94. The molecule has 0 bridgehead atoms. The van der Waals surface area contributed by atoms with Crippen molar-refractivity contribution >= 4 is 29.0 Å². The second-order valence-corrected chi connectivity index (χ2v) is 5.67. The van der Waals surface area contributed by atoms with Gasteiger partial charge in [0.15, 0.2) is 11.8 Å². The van der Waals surface area contributed by atoms with Gasteiger partial charge in [0.25, 0.3) is 11.5 Å². The number of nitrogens with one attached hydrogen (secondary N) is 3. The van der Waals surface area contributed by atoms with Gasteiger partial charge in [0.1, 0.15) is 0 Å². The fraction of sp³-hybridized carbons (Fsp3) is 0.176. The number of amides is 1. The molecule has 8 heteroatoms. The monoisotopic (exact) mass is 338 g/mol. The van der Waals surface area contributed by atoms with Gasteiger partial charge in [0, 0.05) is 12.2 Å². The Labute approximate surface area is 143 Å². The predicted molar refractivity (Wildman–Crippen MR) is 95.9 cm³/mol. The van der Waals surface area contributed by atoms with Crippen molar-refractivity contribution in [3.05, 3.63) is 58.3 Å². The molecule has 1 atom stereocenters. The maximum absolute atomic E-state index is 12.2. The van der Waals surface area contributed by atoms with Crippen LogP contribution < -0.4 is 16.6 Å². The fourth-order valence-electron chi connectivity index (χ4n) is 2.35. The number of carbonyl (C=O) groups is 1. The van der Waals surface area contributed by atoms with Crippen LogP contribution in [0.1, 0.15) is 29.5 Å². The first-order chi connectivity index (χ1) is 12.0. The van der Waals surface area contributed by atoms with E-state index in [4.69, 9.17) is 5.73 Å². The van der Waals surface area contributed by atoms with E-state index in [-0.39, 0.29) is 29.3 Å². The lowest BCUT2D eigenvalue weighted by atomic mass is 10.2. The zero-order valence-electron chi connectivity index (χ0n) is 13.6. The highest BCUT2D eigenvalue weighted by Gasteiger charge is 2.13. The standard InChI is InChI=1S/C17H18N6O2/c1-10(5-4-6-11-9-19-17(18)23-15(11)24)20-16(25)14-21-12-7-2-3-8-13(12)22-14/h2-4,6-10H,5H2,1H3,(H,20,25)(H,21,22)(H3,18,19,23,24)/b6-4+/t10-/m0/s1. The van der Waals surface area contributed by atoms with Crippen molar-refractivity contribution in [2.24, 2.45) is 0 Å². The number of nitrogens with two attached hydrogens (primary N) is 1. The molecule has 0 saturated carbocycles. The van der Waals surface area contributed by atoms with Crippen molar-refractivity contribution in [3.8, 4) is 0 Å². The first kappa shape index (κ1) is 16.4. The van der Waals surface area contributed by atoms with E-state index in [1.54, 1.807) is 12.2 Å². The average molecular weight is 338 g/mol. The second kappa shape index (κ2) is 7.00. The van der Waals surface area contributed by atoms with Crippen LogP contribution in [0.5, 0.6) is 0 Å². The summed E-state index contributed by atoms with van der Waals surface area (Å²) in [7, 11) is 0. The number of imidazole rings is 1. The van der Waals surface area contributed by atoms with Gasteiger partial charge in [-0.2, -0.15) is 0 Å². The Morgan fingerprint density at radius 3 is 2.92 bits per heavy atom. The molecule has 5 N–H and O–H groups in total. The maximum atomic E-state index is 12.2. The van der Waals surface area contributed by atoms with E-state index in [0.717, 1.165) is 11.0 Å². The second-order valence-electron chi connectivity index (χ2n) is 5.67. The van der Waals surface area contributed by atoms with Crippen LogP contribution in [0.15, 0.2) is 41.3 Å². The van der Waals surface area contributed by atoms with E-state index in [9.17, 15) is 9.59 Å². The minimum Gasteiger partial charge on any atom is -0.369 e. The van der Waals surface area contributed by atoms with Crippen LogP contribution in [0.4, 0.5) is 5.95 Å². The molecule has 0 aliphatic heterocycles. The van der Waals surface area contributed by atoms with E-state index >= 15 is 0 Å². The van der Waals surface area contributed by atoms with E-state index in [2.05, 4.69) is 25.3 Å². The van der Waals surface area contributed by atoms with Crippen LogP contribution in [0.3, 0.4) is 0 Å². The zero-order valence-corrected chi connectivity index (χ0v) is 13.6. The first-order valence-electron chi connectivity index (χ1n) is 7.80. The van der Waals surface area contributed by atoms with E-state index in [1.807, 2.05) is 31.2 Å². The topological polar surface area (TPSA) is 130 Å². The summed E-state index contributed by atoms with van der Waals surface area (Å²) >= 11 is 0. The Morgan fingerprint density at radius 2 is 2.16 bits per heavy atom. The number of aromatic nitrogens is 4. The molecule has 3 rings (SSSR count). The van der Waals surface area contributed by atoms with Gasteiger partial charge in [0.2, 0.25) is 0 Å². The number of hydrogen-bond donors (Lipinski definition) is 4. The number of hydrogen-bond acceptors (Lipinski definition) is 5. The van der Waals surface area contributed by atoms with Crippen LogP contribution in [0.2, 0.25) is 0 Å². The zero-order chi connectivity index (χ0) is 17.8. The summed E-state index contributed by atoms with van der Waals surface area (Å²) in [5.41, 5.74) is 7.06. The number of H-pyrrole nitrogens is 2. The molecule has 8 nitrogen and oxygen atoms in total. The van der Waals surface area contributed by atoms with Gasteiger partial charge in [-0.15, -0.1) is 0 Å². The van der Waals surface area contributed by atoms with Gasteiger partial charge in [-0.1, -0.05) is 24.3 Å². The summed E-state index contributed by atoms with van der Waals surface area (Å²) in [6.07, 6.45) is 5.40. The van der Waals surface area contributed by atoms with Gasteiger partial charge in [-0.3, -0.25) is 14.6 Å². The highest BCUT2D eigenvalue weighted by Crippen LogP contribution is 2.10. The van der Waals surface area contributed by atoms with Crippen molar-refractivity contribution in [3.63, 3.8) is 0 Å². The lowest BCUT2D eigenvalue weighted by molar-refractivity contribution is 0.0931. The number of rotatable bonds is 5. The number of fused-ring (bicyclic) bond motifs is 1. The minimum absolute atomic E-state index is 0.0774. The van der Waals surface area contributed by atoms with Gasteiger partial charge >= 0.3 is 0 Å². The summed E-state index contributed by atoms with van der Waals surface area (Å²) in [5, 5.41) is 2.86. The Morgan fingerprint density at radius 1 is 1.36 bits per heavy atom. The largest absolute Gasteiger partial charge is 0.369 e. The predicted octanol–water partition coefficient (Wildman–Crippen LogP) is 1.45. The third-order valence-corrected chi connectivity index (χ3v) is 3.62. The lowest BCUT2D eigenvalue weighted by Gasteiger charge is -2.10. The summed E-state index contributed by atoms with van der Waals surface area (Å²) in [4.78, 5) is 37.4. The van der Waals surface area contributed by atoms with E-state index in [0.29, 0.717) is 12.0 Å². The number of carbonyl (C=O) groups excluding carboxylic acids is 1. The summed E-state index contributed by atoms with van der Waals surface area (Å²) in [5.74, 6) is 0.0777. The molecule has 1 aromatic carbocycles. The molecular formula is C17H18N6O2. The fourth-order valence-corrected chi connectivity index (χ4v) is 2.35. The molecule has 0 aliphatic rings. The maximum Gasteiger partial charge on any atom is 0.287 e. The molecule has 0 saturated heterocycles. The van der Waals surface area contributed by atoms with Crippen molar-refractivity contribution in [1.82, 2.24) is 25.3 Å².